The molecule has 122 valence electrons. The SMILES string of the molecule is COc1cccc(C2CCCN2S(=O)(=O)c2cccc(Cl)c2)c1. The molecule has 3 rings (SSSR count). The summed E-state index contributed by atoms with van der Waals surface area (Å²) in [4.78, 5) is 0.236. The smallest absolute Gasteiger partial charge is 0.243 e. The molecule has 0 aliphatic carbocycles. The second-order valence-electron chi connectivity index (χ2n) is 5.51. The number of hydrogen-bond acceptors (Lipinski definition) is 3. The number of sulfonamides is 1. The highest BCUT2D eigenvalue weighted by molar-refractivity contribution is 7.89. The molecule has 0 spiro atoms. The van der Waals surface area contributed by atoms with Crippen molar-refractivity contribution in [2.24, 2.45) is 0 Å². The zero-order valence-corrected chi connectivity index (χ0v) is 14.3. The Kier molecular flexibility index (Phi) is 4.62. The van der Waals surface area contributed by atoms with Crippen LogP contribution in [-0.4, -0.2) is 26.4 Å². The molecular formula is C17H18ClNO3S. The third-order valence-corrected chi connectivity index (χ3v) is 6.22. The van der Waals surface area contributed by atoms with E-state index in [0.29, 0.717) is 11.6 Å². The van der Waals surface area contributed by atoms with Crippen molar-refractivity contribution in [2.75, 3.05) is 13.7 Å². The molecule has 1 saturated heterocycles. The van der Waals surface area contributed by atoms with Gasteiger partial charge >= 0.3 is 0 Å². The standard InChI is InChI=1S/C17H18ClNO3S/c1-22-15-7-2-5-13(11-15)17-9-4-10-19(17)23(20,21)16-8-3-6-14(18)12-16/h2-3,5-8,11-12,17H,4,9-10H2,1H3. The van der Waals surface area contributed by atoms with E-state index in [1.165, 1.54) is 6.07 Å². The molecule has 23 heavy (non-hydrogen) atoms. The highest BCUT2D eigenvalue weighted by atomic mass is 35.5. The fourth-order valence-electron chi connectivity index (χ4n) is 2.97. The summed E-state index contributed by atoms with van der Waals surface area (Å²) in [5, 5.41) is 0.420. The predicted octanol–water partition coefficient (Wildman–Crippen LogP) is 3.87. The van der Waals surface area contributed by atoms with Gasteiger partial charge in [-0.25, -0.2) is 8.42 Å². The van der Waals surface area contributed by atoms with Gasteiger partial charge in [0.15, 0.2) is 0 Å². The van der Waals surface area contributed by atoms with E-state index in [1.54, 1.807) is 29.6 Å². The minimum Gasteiger partial charge on any atom is -0.497 e. The van der Waals surface area contributed by atoms with E-state index < -0.39 is 10.0 Å². The largest absolute Gasteiger partial charge is 0.497 e. The van der Waals surface area contributed by atoms with Crippen LogP contribution in [0.3, 0.4) is 0 Å². The van der Waals surface area contributed by atoms with Gasteiger partial charge in [0.1, 0.15) is 5.75 Å². The number of nitrogens with zero attached hydrogens (tertiary/aromatic N) is 1. The van der Waals surface area contributed by atoms with Gasteiger partial charge in [-0.3, -0.25) is 0 Å². The van der Waals surface area contributed by atoms with Gasteiger partial charge in [0, 0.05) is 11.6 Å². The Bertz CT molecular complexity index is 807. The van der Waals surface area contributed by atoms with Crippen LogP contribution in [0, 0.1) is 0 Å². The molecule has 1 heterocycles. The number of halogens is 1. The lowest BCUT2D eigenvalue weighted by atomic mass is 10.1. The fourth-order valence-corrected chi connectivity index (χ4v) is 4.96. The first-order chi connectivity index (χ1) is 11.0. The van der Waals surface area contributed by atoms with Crippen molar-refractivity contribution in [1.82, 2.24) is 4.31 Å². The summed E-state index contributed by atoms with van der Waals surface area (Å²) in [5.41, 5.74) is 0.951. The number of benzene rings is 2. The maximum atomic E-state index is 13.0. The van der Waals surface area contributed by atoms with E-state index in [2.05, 4.69) is 0 Å². The summed E-state index contributed by atoms with van der Waals surface area (Å²) in [5.74, 6) is 0.731. The Balaban J connectivity index is 1.97. The van der Waals surface area contributed by atoms with Crippen molar-refractivity contribution in [3.63, 3.8) is 0 Å². The molecule has 6 heteroatoms. The second kappa shape index (κ2) is 6.51. The number of rotatable bonds is 4. The maximum Gasteiger partial charge on any atom is 0.243 e. The van der Waals surface area contributed by atoms with Crippen LogP contribution in [0.5, 0.6) is 5.75 Å². The number of ether oxygens (including phenoxy) is 1. The molecule has 0 N–H and O–H groups in total. The molecule has 1 aliphatic heterocycles. The third kappa shape index (κ3) is 3.22. The van der Waals surface area contributed by atoms with Crippen molar-refractivity contribution in [3.05, 3.63) is 59.1 Å². The molecule has 1 atom stereocenters. The highest BCUT2D eigenvalue weighted by Crippen LogP contribution is 2.37. The van der Waals surface area contributed by atoms with E-state index in [9.17, 15) is 8.42 Å². The number of methoxy groups -OCH3 is 1. The lowest BCUT2D eigenvalue weighted by Crippen LogP contribution is -2.30. The van der Waals surface area contributed by atoms with Gasteiger partial charge in [-0.1, -0.05) is 29.8 Å². The van der Waals surface area contributed by atoms with Gasteiger partial charge in [0.2, 0.25) is 10.0 Å². The van der Waals surface area contributed by atoms with E-state index >= 15 is 0 Å². The number of hydrogen-bond donors (Lipinski definition) is 0. The van der Waals surface area contributed by atoms with Gasteiger partial charge in [-0.05, 0) is 48.7 Å². The summed E-state index contributed by atoms with van der Waals surface area (Å²) in [7, 11) is -1.96. The van der Waals surface area contributed by atoms with Gasteiger partial charge in [0.05, 0.1) is 18.0 Å². The van der Waals surface area contributed by atoms with Crippen LogP contribution < -0.4 is 4.74 Å². The van der Waals surface area contributed by atoms with Crippen LogP contribution in [0.1, 0.15) is 24.4 Å². The minimum absolute atomic E-state index is 0.172. The van der Waals surface area contributed by atoms with Gasteiger partial charge in [-0.2, -0.15) is 4.31 Å². The second-order valence-corrected chi connectivity index (χ2v) is 7.83. The molecule has 1 unspecified atom stereocenters. The van der Waals surface area contributed by atoms with Crippen LogP contribution in [0.4, 0.5) is 0 Å². The van der Waals surface area contributed by atoms with Crippen molar-refractivity contribution >= 4 is 21.6 Å². The minimum atomic E-state index is -3.57. The van der Waals surface area contributed by atoms with Crippen molar-refractivity contribution < 1.29 is 13.2 Å². The summed E-state index contributed by atoms with van der Waals surface area (Å²) < 4.78 is 32.7. The first-order valence-electron chi connectivity index (χ1n) is 7.44. The van der Waals surface area contributed by atoms with Gasteiger partial charge in [0.25, 0.3) is 0 Å². The zero-order chi connectivity index (χ0) is 16.4. The van der Waals surface area contributed by atoms with Crippen LogP contribution in [-0.2, 0) is 10.0 Å². The van der Waals surface area contributed by atoms with Crippen LogP contribution in [0.2, 0.25) is 5.02 Å². The highest BCUT2D eigenvalue weighted by Gasteiger charge is 2.36. The maximum absolute atomic E-state index is 13.0. The fraction of sp³-hybridized carbons (Fsp3) is 0.294. The first kappa shape index (κ1) is 16.3. The summed E-state index contributed by atoms with van der Waals surface area (Å²) in [6.45, 7) is 0.511. The van der Waals surface area contributed by atoms with Gasteiger partial charge < -0.3 is 4.74 Å². The molecule has 2 aromatic rings. The van der Waals surface area contributed by atoms with E-state index in [0.717, 1.165) is 24.2 Å². The molecule has 0 radical (unpaired) electrons. The summed E-state index contributed by atoms with van der Waals surface area (Å²) >= 11 is 5.95. The predicted molar refractivity (Wildman–Crippen MR) is 90.3 cm³/mol. The Morgan fingerprint density at radius 3 is 2.70 bits per heavy atom. The van der Waals surface area contributed by atoms with Crippen molar-refractivity contribution in [1.29, 1.82) is 0 Å². The monoisotopic (exact) mass is 351 g/mol. The third-order valence-electron chi connectivity index (χ3n) is 4.08. The molecule has 0 amide bonds. The quantitative estimate of drug-likeness (QED) is 0.839. The normalized spacial score (nSPS) is 19.0. The van der Waals surface area contributed by atoms with E-state index in [-0.39, 0.29) is 10.9 Å². The lowest BCUT2D eigenvalue weighted by Gasteiger charge is -2.24. The molecular weight excluding hydrogens is 334 g/mol. The van der Waals surface area contributed by atoms with Crippen molar-refractivity contribution in [2.45, 2.75) is 23.8 Å². The summed E-state index contributed by atoms with van der Waals surface area (Å²) in [6.07, 6.45) is 1.63. The summed E-state index contributed by atoms with van der Waals surface area (Å²) in [6, 6.07) is 13.8. The molecule has 1 fully saturated rings. The zero-order valence-electron chi connectivity index (χ0n) is 12.8. The average Bonchev–Trinajstić information content (AvgIpc) is 3.05. The molecule has 0 aromatic heterocycles. The topological polar surface area (TPSA) is 46.6 Å². The molecule has 1 aliphatic rings. The first-order valence-corrected chi connectivity index (χ1v) is 9.25. The van der Waals surface area contributed by atoms with E-state index in [1.807, 2.05) is 24.3 Å². The van der Waals surface area contributed by atoms with Gasteiger partial charge in [-0.15, -0.1) is 0 Å². The van der Waals surface area contributed by atoms with Crippen LogP contribution >= 0.6 is 11.6 Å². The van der Waals surface area contributed by atoms with Crippen LogP contribution in [0.15, 0.2) is 53.4 Å². The lowest BCUT2D eigenvalue weighted by molar-refractivity contribution is 0.390. The Morgan fingerprint density at radius 1 is 1.17 bits per heavy atom. The van der Waals surface area contributed by atoms with Crippen molar-refractivity contribution in [3.8, 4) is 5.75 Å². The molecule has 4 nitrogen and oxygen atoms in total. The molecule has 2 aromatic carbocycles. The average molecular weight is 352 g/mol. The Morgan fingerprint density at radius 2 is 1.96 bits per heavy atom. The van der Waals surface area contributed by atoms with E-state index in [4.69, 9.17) is 16.3 Å². The van der Waals surface area contributed by atoms with Crippen LogP contribution in [0.25, 0.3) is 0 Å². The Hall–Kier alpha value is -1.56. The molecule has 0 bridgehead atoms. The Labute approximate surface area is 141 Å². The molecule has 0 saturated carbocycles.